The highest BCUT2D eigenvalue weighted by molar-refractivity contribution is 5.96. The molecule has 1 saturated heterocycles. The minimum absolute atomic E-state index is 0.193. The highest BCUT2D eigenvalue weighted by Gasteiger charge is 2.21. The summed E-state index contributed by atoms with van der Waals surface area (Å²) in [4.78, 5) is 37.3. The molecule has 1 aromatic rings. The fraction of sp³-hybridized carbons (Fsp3) is 0.500. The molecule has 0 saturated carbocycles. The van der Waals surface area contributed by atoms with Gasteiger partial charge in [-0.25, -0.2) is 0 Å². The maximum Gasteiger partial charge on any atom is 0.325 e. The van der Waals surface area contributed by atoms with Crippen LogP contribution in [0.4, 0.5) is 0 Å². The minimum Gasteiger partial charge on any atom is -0.497 e. The zero-order valence-corrected chi connectivity index (χ0v) is 14.6. The van der Waals surface area contributed by atoms with E-state index in [2.05, 4.69) is 12.2 Å². The Morgan fingerprint density at radius 2 is 1.80 bits per heavy atom. The van der Waals surface area contributed by atoms with E-state index in [0.717, 1.165) is 12.8 Å². The fourth-order valence-corrected chi connectivity index (χ4v) is 2.54. The van der Waals surface area contributed by atoms with Crippen molar-refractivity contribution in [1.29, 1.82) is 0 Å². The average Bonchev–Trinajstić information content (AvgIpc) is 2.64. The van der Waals surface area contributed by atoms with Crippen LogP contribution >= 0.6 is 0 Å². The molecule has 1 aliphatic rings. The van der Waals surface area contributed by atoms with Crippen molar-refractivity contribution in [2.45, 2.75) is 19.8 Å². The number of hydrogen-bond acceptors (Lipinski definition) is 5. The fourth-order valence-electron chi connectivity index (χ4n) is 2.54. The first-order valence-corrected chi connectivity index (χ1v) is 8.35. The molecule has 0 aliphatic carbocycles. The molecule has 0 spiro atoms. The number of piperidine rings is 1. The summed E-state index contributed by atoms with van der Waals surface area (Å²) in [5.41, 5.74) is 0.409. The molecule has 0 unspecified atom stereocenters. The Labute approximate surface area is 147 Å². The van der Waals surface area contributed by atoms with Gasteiger partial charge in [0.1, 0.15) is 12.3 Å². The quantitative estimate of drug-likeness (QED) is 0.782. The molecule has 1 fully saturated rings. The van der Waals surface area contributed by atoms with E-state index < -0.39 is 11.9 Å². The summed E-state index contributed by atoms with van der Waals surface area (Å²) in [5.74, 6) is 0.0413. The van der Waals surface area contributed by atoms with Crippen molar-refractivity contribution in [3.8, 4) is 5.75 Å². The molecule has 2 rings (SSSR count). The van der Waals surface area contributed by atoms with Crippen molar-refractivity contribution in [1.82, 2.24) is 10.2 Å². The van der Waals surface area contributed by atoms with Crippen LogP contribution in [-0.2, 0) is 14.3 Å². The van der Waals surface area contributed by atoms with Crippen molar-refractivity contribution >= 4 is 17.8 Å². The predicted octanol–water partition coefficient (Wildman–Crippen LogP) is 1.23. The third kappa shape index (κ3) is 5.77. The molecule has 2 amide bonds. The number of nitrogens with one attached hydrogen (secondary N) is 1. The van der Waals surface area contributed by atoms with Crippen molar-refractivity contribution in [3.05, 3.63) is 29.8 Å². The van der Waals surface area contributed by atoms with Crippen molar-refractivity contribution in [2.75, 3.05) is 33.4 Å². The molecule has 1 aliphatic heterocycles. The lowest BCUT2D eigenvalue weighted by molar-refractivity contribution is -0.151. The van der Waals surface area contributed by atoms with Gasteiger partial charge in [0.05, 0.1) is 7.11 Å². The molecule has 25 heavy (non-hydrogen) atoms. The Morgan fingerprint density at radius 3 is 2.40 bits per heavy atom. The second-order valence-corrected chi connectivity index (χ2v) is 6.14. The highest BCUT2D eigenvalue weighted by Crippen LogP contribution is 2.15. The van der Waals surface area contributed by atoms with E-state index in [1.54, 1.807) is 29.2 Å². The Hall–Kier alpha value is -2.57. The monoisotopic (exact) mass is 348 g/mol. The number of methoxy groups -OCH3 is 1. The first kappa shape index (κ1) is 18.8. The van der Waals surface area contributed by atoms with Gasteiger partial charge in [0, 0.05) is 18.7 Å². The zero-order valence-electron chi connectivity index (χ0n) is 14.6. The standard InChI is InChI=1S/C18H24N2O5/c1-13-7-9-20(10-8-13)16(21)12-25-17(22)11-19-18(23)14-3-5-15(24-2)6-4-14/h3-6,13H,7-12H2,1-2H3,(H,19,23). The maximum absolute atomic E-state index is 12.0. The SMILES string of the molecule is COc1ccc(C(=O)NCC(=O)OCC(=O)N2CCC(C)CC2)cc1. The molecule has 1 aromatic carbocycles. The van der Waals surface area contributed by atoms with Crippen LogP contribution in [0.1, 0.15) is 30.1 Å². The lowest BCUT2D eigenvalue weighted by Crippen LogP contribution is -2.41. The number of rotatable bonds is 6. The summed E-state index contributed by atoms with van der Waals surface area (Å²) in [6, 6.07) is 6.51. The largest absolute Gasteiger partial charge is 0.497 e. The molecule has 0 aromatic heterocycles. The summed E-state index contributed by atoms with van der Waals surface area (Å²) in [6.45, 7) is 2.99. The number of carbonyl (C=O) groups is 3. The third-order valence-electron chi connectivity index (χ3n) is 4.24. The zero-order chi connectivity index (χ0) is 18.2. The van der Waals surface area contributed by atoms with Crippen LogP contribution in [0.2, 0.25) is 0 Å². The third-order valence-corrected chi connectivity index (χ3v) is 4.24. The smallest absolute Gasteiger partial charge is 0.325 e. The molecular weight excluding hydrogens is 324 g/mol. The second-order valence-electron chi connectivity index (χ2n) is 6.14. The first-order chi connectivity index (χ1) is 12.0. The number of ether oxygens (including phenoxy) is 2. The second kappa shape index (κ2) is 9.05. The molecule has 0 atom stereocenters. The maximum atomic E-state index is 12.0. The van der Waals surface area contributed by atoms with Crippen LogP contribution in [0.25, 0.3) is 0 Å². The van der Waals surface area contributed by atoms with E-state index in [1.165, 1.54) is 7.11 Å². The number of likely N-dealkylation sites (tertiary alicyclic amines) is 1. The van der Waals surface area contributed by atoms with Crippen molar-refractivity contribution in [2.24, 2.45) is 5.92 Å². The van der Waals surface area contributed by atoms with Gasteiger partial charge < -0.3 is 19.7 Å². The molecule has 0 bridgehead atoms. The van der Waals surface area contributed by atoms with Gasteiger partial charge >= 0.3 is 5.97 Å². The lowest BCUT2D eigenvalue weighted by Gasteiger charge is -2.30. The van der Waals surface area contributed by atoms with Gasteiger partial charge in [-0.15, -0.1) is 0 Å². The Balaban J connectivity index is 1.69. The molecule has 0 radical (unpaired) electrons. The van der Waals surface area contributed by atoms with E-state index >= 15 is 0 Å². The van der Waals surface area contributed by atoms with Crippen molar-refractivity contribution < 1.29 is 23.9 Å². The van der Waals surface area contributed by atoms with E-state index in [0.29, 0.717) is 30.3 Å². The van der Waals surface area contributed by atoms with Crippen LogP contribution in [0.15, 0.2) is 24.3 Å². The normalized spacial score (nSPS) is 14.7. The molecular formula is C18H24N2O5. The van der Waals surface area contributed by atoms with Crippen LogP contribution in [-0.4, -0.2) is 56.0 Å². The average molecular weight is 348 g/mol. The summed E-state index contributed by atoms with van der Waals surface area (Å²) in [5, 5.41) is 2.47. The van der Waals surface area contributed by atoms with Gasteiger partial charge in [0.15, 0.2) is 6.61 Å². The number of hydrogen-bond donors (Lipinski definition) is 1. The van der Waals surface area contributed by atoms with Gasteiger partial charge in [-0.05, 0) is 43.0 Å². The van der Waals surface area contributed by atoms with Crippen LogP contribution in [0.5, 0.6) is 5.75 Å². The number of nitrogens with zero attached hydrogens (tertiary/aromatic N) is 1. The Kier molecular flexibility index (Phi) is 6.80. The molecule has 7 nitrogen and oxygen atoms in total. The highest BCUT2D eigenvalue weighted by atomic mass is 16.5. The van der Waals surface area contributed by atoms with Crippen LogP contribution < -0.4 is 10.1 Å². The number of amides is 2. The molecule has 136 valence electrons. The topological polar surface area (TPSA) is 84.9 Å². The van der Waals surface area contributed by atoms with Gasteiger partial charge in [0.25, 0.3) is 11.8 Å². The summed E-state index contributed by atoms with van der Waals surface area (Å²) in [6.07, 6.45) is 1.94. The summed E-state index contributed by atoms with van der Waals surface area (Å²) < 4.78 is 9.96. The number of esters is 1. The Bertz CT molecular complexity index is 606. The van der Waals surface area contributed by atoms with Gasteiger partial charge in [-0.2, -0.15) is 0 Å². The van der Waals surface area contributed by atoms with E-state index in [9.17, 15) is 14.4 Å². The van der Waals surface area contributed by atoms with Gasteiger partial charge in [-0.1, -0.05) is 6.92 Å². The summed E-state index contributed by atoms with van der Waals surface area (Å²) in [7, 11) is 1.54. The summed E-state index contributed by atoms with van der Waals surface area (Å²) >= 11 is 0. The molecule has 1 heterocycles. The van der Waals surface area contributed by atoms with E-state index in [-0.39, 0.29) is 19.1 Å². The van der Waals surface area contributed by atoms with E-state index in [4.69, 9.17) is 9.47 Å². The van der Waals surface area contributed by atoms with Gasteiger partial charge in [0.2, 0.25) is 0 Å². The van der Waals surface area contributed by atoms with Crippen molar-refractivity contribution in [3.63, 3.8) is 0 Å². The van der Waals surface area contributed by atoms with Crippen LogP contribution in [0.3, 0.4) is 0 Å². The first-order valence-electron chi connectivity index (χ1n) is 8.35. The van der Waals surface area contributed by atoms with Crippen LogP contribution in [0, 0.1) is 5.92 Å². The van der Waals surface area contributed by atoms with Gasteiger partial charge in [-0.3, -0.25) is 14.4 Å². The number of carbonyl (C=O) groups excluding carboxylic acids is 3. The number of benzene rings is 1. The lowest BCUT2D eigenvalue weighted by atomic mass is 9.99. The minimum atomic E-state index is -0.638. The molecule has 7 heteroatoms. The Morgan fingerprint density at radius 1 is 1.16 bits per heavy atom. The molecule has 1 N–H and O–H groups in total. The van der Waals surface area contributed by atoms with E-state index in [1.807, 2.05) is 0 Å². The predicted molar refractivity (Wildman–Crippen MR) is 91.3 cm³/mol.